The molecule has 1 aromatic rings. The summed E-state index contributed by atoms with van der Waals surface area (Å²) in [6, 6.07) is 8.42. The minimum Gasteiger partial charge on any atom is -0.312 e. The number of hydrogen-bond acceptors (Lipinski definition) is 2. The summed E-state index contributed by atoms with van der Waals surface area (Å²) in [6.45, 7) is 8.92. The van der Waals surface area contributed by atoms with Gasteiger partial charge in [0.05, 0.1) is 0 Å². The summed E-state index contributed by atoms with van der Waals surface area (Å²) in [4.78, 5) is 2.51. The molecule has 3 heteroatoms. The molecule has 3 atom stereocenters. The fourth-order valence-corrected chi connectivity index (χ4v) is 2.82. The molecule has 1 aliphatic heterocycles. The van der Waals surface area contributed by atoms with Gasteiger partial charge in [0, 0.05) is 31.2 Å². The first-order valence-electron chi connectivity index (χ1n) is 7.32. The van der Waals surface area contributed by atoms with E-state index < -0.39 is 0 Å². The van der Waals surface area contributed by atoms with E-state index in [0.29, 0.717) is 18.1 Å². The van der Waals surface area contributed by atoms with E-state index >= 15 is 0 Å². The summed E-state index contributed by atoms with van der Waals surface area (Å²) in [7, 11) is 0. The molecule has 2 rings (SSSR count). The van der Waals surface area contributed by atoms with E-state index in [0.717, 1.165) is 25.9 Å². The average molecular weight is 264 g/mol. The van der Waals surface area contributed by atoms with Gasteiger partial charge in [-0.3, -0.25) is 4.90 Å². The van der Waals surface area contributed by atoms with Crippen molar-refractivity contribution in [3.8, 4) is 0 Å². The van der Waals surface area contributed by atoms with E-state index in [1.807, 2.05) is 12.1 Å². The van der Waals surface area contributed by atoms with Crippen LogP contribution in [-0.2, 0) is 0 Å². The van der Waals surface area contributed by atoms with Gasteiger partial charge in [0.2, 0.25) is 0 Å². The highest BCUT2D eigenvalue weighted by molar-refractivity contribution is 5.19. The van der Waals surface area contributed by atoms with Gasteiger partial charge in [0.1, 0.15) is 5.82 Å². The highest BCUT2D eigenvalue weighted by Crippen LogP contribution is 2.22. The predicted octanol–water partition coefficient (Wildman–Crippen LogP) is 3.35. The molecule has 1 aromatic carbocycles. The third-order valence-corrected chi connectivity index (χ3v) is 4.17. The lowest BCUT2D eigenvalue weighted by Crippen LogP contribution is -2.43. The molecule has 1 saturated heterocycles. The molecular weight excluding hydrogens is 239 g/mol. The van der Waals surface area contributed by atoms with Crippen LogP contribution in [0.4, 0.5) is 4.39 Å². The summed E-state index contributed by atoms with van der Waals surface area (Å²) in [5.74, 6) is -0.157. The Bertz CT molecular complexity index is 378. The van der Waals surface area contributed by atoms with Crippen LogP contribution in [0.25, 0.3) is 0 Å². The van der Waals surface area contributed by atoms with E-state index in [-0.39, 0.29) is 5.82 Å². The van der Waals surface area contributed by atoms with Crippen molar-refractivity contribution in [2.75, 3.05) is 13.1 Å². The Balaban J connectivity index is 2.04. The van der Waals surface area contributed by atoms with Gasteiger partial charge >= 0.3 is 0 Å². The predicted molar refractivity (Wildman–Crippen MR) is 77.7 cm³/mol. The van der Waals surface area contributed by atoms with Crippen LogP contribution in [0, 0.1) is 5.82 Å². The zero-order valence-electron chi connectivity index (χ0n) is 12.2. The van der Waals surface area contributed by atoms with Crippen molar-refractivity contribution in [1.82, 2.24) is 10.2 Å². The summed E-state index contributed by atoms with van der Waals surface area (Å²) in [5, 5.41) is 3.61. The van der Waals surface area contributed by atoms with E-state index in [1.54, 1.807) is 12.1 Å². The molecule has 19 heavy (non-hydrogen) atoms. The summed E-state index contributed by atoms with van der Waals surface area (Å²) in [5.41, 5.74) is 1.20. The maximum Gasteiger partial charge on any atom is 0.123 e. The van der Waals surface area contributed by atoms with Crippen molar-refractivity contribution in [2.24, 2.45) is 0 Å². The topological polar surface area (TPSA) is 15.3 Å². The zero-order valence-corrected chi connectivity index (χ0v) is 12.2. The lowest BCUT2D eigenvalue weighted by Gasteiger charge is -2.34. The molecule has 2 nitrogen and oxygen atoms in total. The van der Waals surface area contributed by atoms with Gasteiger partial charge in [-0.25, -0.2) is 4.39 Å². The van der Waals surface area contributed by atoms with Gasteiger partial charge in [0.25, 0.3) is 0 Å². The summed E-state index contributed by atoms with van der Waals surface area (Å²) < 4.78 is 13.0. The SMILES string of the molecule is CC1CCN(C(C)c2ccc(F)cc2)CCC(C)N1. The molecule has 1 heterocycles. The Kier molecular flexibility index (Phi) is 4.94. The van der Waals surface area contributed by atoms with Crippen molar-refractivity contribution in [2.45, 2.75) is 51.7 Å². The van der Waals surface area contributed by atoms with E-state index in [1.165, 1.54) is 5.56 Å². The zero-order chi connectivity index (χ0) is 13.8. The van der Waals surface area contributed by atoms with Crippen LogP contribution in [0.1, 0.15) is 45.2 Å². The van der Waals surface area contributed by atoms with Crippen LogP contribution >= 0.6 is 0 Å². The maximum atomic E-state index is 13.0. The molecule has 1 N–H and O–H groups in total. The van der Waals surface area contributed by atoms with Gasteiger partial charge in [-0.05, 0) is 51.3 Å². The first kappa shape index (κ1) is 14.5. The Labute approximate surface area is 116 Å². The monoisotopic (exact) mass is 264 g/mol. The Morgan fingerprint density at radius 1 is 1.11 bits per heavy atom. The molecule has 0 radical (unpaired) electrons. The number of nitrogens with zero attached hydrogens (tertiary/aromatic N) is 1. The molecule has 0 spiro atoms. The van der Waals surface area contributed by atoms with Gasteiger partial charge in [-0.1, -0.05) is 12.1 Å². The molecule has 1 aliphatic rings. The Hall–Kier alpha value is -0.930. The van der Waals surface area contributed by atoms with Crippen molar-refractivity contribution < 1.29 is 4.39 Å². The van der Waals surface area contributed by atoms with E-state index in [2.05, 4.69) is 31.0 Å². The molecular formula is C16H25FN2. The second kappa shape index (κ2) is 6.49. The van der Waals surface area contributed by atoms with Crippen LogP contribution in [-0.4, -0.2) is 30.1 Å². The van der Waals surface area contributed by atoms with Crippen molar-refractivity contribution >= 4 is 0 Å². The average Bonchev–Trinajstić information content (AvgIpc) is 2.37. The first-order chi connectivity index (χ1) is 9.06. The molecule has 0 bridgehead atoms. The van der Waals surface area contributed by atoms with Gasteiger partial charge in [-0.2, -0.15) is 0 Å². The molecule has 0 aromatic heterocycles. The lowest BCUT2D eigenvalue weighted by atomic mass is 10.0. The number of hydrogen-bond donors (Lipinski definition) is 1. The maximum absolute atomic E-state index is 13.0. The number of benzene rings is 1. The summed E-state index contributed by atoms with van der Waals surface area (Å²) in [6.07, 6.45) is 2.33. The van der Waals surface area contributed by atoms with Crippen molar-refractivity contribution in [3.05, 3.63) is 35.6 Å². The van der Waals surface area contributed by atoms with Crippen LogP contribution in [0.5, 0.6) is 0 Å². The molecule has 3 unspecified atom stereocenters. The number of nitrogens with one attached hydrogen (secondary N) is 1. The fourth-order valence-electron chi connectivity index (χ4n) is 2.82. The van der Waals surface area contributed by atoms with Crippen LogP contribution in [0.3, 0.4) is 0 Å². The minimum atomic E-state index is -0.157. The largest absolute Gasteiger partial charge is 0.312 e. The van der Waals surface area contributed by atoms with Gasteiger partial charge in [0.15, 0.2) is 0 Å². The van der Waals surface area contributed by atoms with E-state index in [4.69, 9.17) is 0 Å². The fraction of sp³-hybridized carbons (Fsp3) is 0.625. The highest BCUT2D eigenvalue weighted by Gasteiger charge is 2.20. The molecule has 0 aliphatic carbocycles. The lowest BCUT2D eigenvalue weighted by molar-refractivity contribution is 0.172. The quantitative estimate of drug-likeness (QED) is 0.881. The molecule has 1 fully saturated rings. The minimum absolute atomic E-state index is 0.157. The van der Waals surface area contributed by atoms with Crippen LogP contribution < -0.4 is 5.32 Å². The number of halogens is 1. The van der Waals surface area contributed by atoms with Gasteiger partial charge < -0.3 is 5.32 Å². The van der Waals surface area contributed by atoms with Crippen molar-refractivity contribution in [3.63, 3.8) is 0 Å². The molecule has 0 amide bonds. The number of rotatable bonds is 2. The smallest absolute Gasteiger partial charge is 0.123 e. The van der Waals surface area contributed by atoms with Crippen molar-refractivity contribution in [1.29, 1.82) is 0 Å². The second-order valence-electron chi connectivity index (χ2n) is 5.81. The Morgan fingerprint density at radius 3 is 2.16 bits per heavy atom. The standard InChI is InChI=1S/C16H25FN2/c1-12-8-10-19(11-9-13(2)18-12)14(3)15-4-6-16(17)7-5-15/h4-7,12-14,18H,8-11H2,1-3H3. The highest BCUT2D eigenvalue weighted by atomic mass is 19.1. The molecule has 106 valence electrons. The second-order valence-corrected chi connectivity index (χ2v) is 5.81. The normalized spacial score (nSPS) is 27.6. The third kappa shape index (κ3) is 4.02. The van der Waals surface area contributed by atoms with Crippen LogP contribution in [0.2, 0.25) is 0 Å². The first-order valence-corrected chi connectivity index (χ1v) is 7.32. The van der Waals surface area contributed by atoms with Gasteiger partial charge in [-0.15, -0.1) is 0 Å². The Morgan fingerprint density at radius 2 is 1.63 bits per heavy atom. The third-order valence-electron chi connectivity index (χ3n) is 4.17. The molecule has 0 saturated carbocycles. The van der Waals surface area contributed by atoms with E-state index in [9.17, 15) is 4.39 Å². The van der Waals surface area contributed by atoms with Crippen LogP contribution in [0.15, 0.2) is 24.3 Å². The summed E-state index contributed by atoms with van der Waals surface area (Å²) >= 11 is 0.